The zero-order valence-corrected chi connectivity index (χ0v) is 11.0. The Labute approximate surface area is 101 Å². The second kappa shape index (κ2) is 8.13. The van der Waals surface area contributed by atoms with Gasteiger partial charge in [-0.05, 0) is 12.3 Å². The van der Waals surface area contributed by atoms with Crippen molar-refractivity contribution in [1.82, 2.24) is 0 Å². The maximum atomic E-state index is 9.63. The van der Waals surface area contributed by atoms with Crippen LogP contribution in [0.15, 0.2) is 0 Å². The number of aliphatic hydroxyl groups is 2. The molecule has 0 bridgehead atoms. The van der Waals surface area contributed by atoms with Crippen LogP contribution in [0.3, 0.4) is 0 Å². The van der Waals surface area contributed by atoms with Crippen LogP contribution in [-0.2, 0) is 25.8 Å². The molecule has 3 heteroatoms. The van der Waals surface area contributed by atoms with Gasteiger partial charge in [0.2, 0.25) is 0 Å². The van der Waals surface area contributed by atoms with Crippen molar-refractivity contribution in [2.24, 2.45) is 11.8 Å². The van der Waals surface area contributed by atoms with Crippen LogP contribution in [0, 0.1) is 11.8 Å². The molecule has 0 rings (SSSR count). The Morgan fingerprint density at radius 3 is 1.85 bits per heavy atom. The number of rotatable bonds is 5. The third-order valence-corrected chi connectivity index (χ3v) is 2.41. The zero-order valence-electron chi connectivity index (χ0n) is 9.20. The van der Waals surface area contributed by atoms with E-state index in [1.54, 1.807) is 0 Å². The molecule has 0 aliphatic heterocycles. The molecule has 0 saturated carbocycles. The molecule has 0 amide bonds. The molecule has 3 atom stereocenters. The molecule has 13 heavy (non-hydrogen) atoms. The fourth-order valence-corrected chi connectivity index (χ4v) is 1.39. The normalized spacial score (nSPS) is 17.8. The number of hydrogen-bond acceptors (Lipinski definition) is 2. The van der Waals surface area contributed by atoms with Gasteiger partial charge in [-0.15, -0.1) is 0 Å². The quantitative estimate of drug-likeness (QED) is 0.740. The Morgan fingerprint density at radius 1 is 1.08 bits per heavy atom. The summed E-state index contributed by atoms with van der Waals surface area (Å²) in [5.74, 6) is 0.219. The Balaban J connectivity index is 0. The summed E-state index contributed by atoms with van der Waals surface area (Å²) in [5.41, 5.74) is 0. The third-order valence-electron chi connectivity index (χ3n) is 2.41. The predicted molar refractivity (Wildman–Crippen MR) is 50.9 cm³/mol. The minimum absolute atomic E-state index is 0. The second-order valence-corrected chi connectivity index (χ2v) is 3.95. The molecule has 2 N–H and O–H groups in total. The van der Waals surface area contributed by atoms with Gasteiger partial charge in [-0.1, -0.05) is 34.1 Å². The van der Waals surface area contributed by atoms with Gasteiger partial charge in [-0.3, -0.25) is 0 Å². The van der Waals surface area contributed by atoms with E-state index in [2.05, 4.69) is 0 Å². The molecule has 3 unspecified atom stereocenters. The van der Waals surface area contributed by atoms with Gasteiger partial charge in [0.05, 0.1) is 12.2 Å². The summed E-state index contributed by atoms with van der Waals surface area (Å²) >= 11 is 0. The van der Waals surface area contributed by atoms with Crippen molar-refractivity contribution in [1.29, 1.82) is 0 Å². The average molecular weight is 219 g/mol. The summed E-state index contributed by atoms with van der Waals surface area (Å²) in [4.78, 5) is 0. The molecule has 0 aromatic carbocycles. The van der Waals surface area contributed by atoms with Gasteiger partial charge in [-0.2, -0.15) is 0 Å². The molecule has 0 saturated heterocycles. The monoisotopic (exact) mass is 219 g/mol. The van der Waals surface area contributed by atoms with Crippen LogP contribution in [0.4, 0.5) is 0 Å². The summed E-state index contributed by atoms with van der Waals surface area (Å²) in [6.07, 6.45) is 1.01. The van der Waals surface area contributed by atoms with Gasteiger partial charge >= 0.3 is 0 Å². The molecule has 0 fully saturated rings. The van der Waals surface area contributed by atoms with E-state index < -0.39 is 0 Å². The smallest absolute Gasteiger partial charge is 0.0613 e. The van der Waals surface area contributed by atoms with E-state index in [9.17, 15) is 10.2 Å². The fraction of sp³-hybridized carbons (Fsp3) is 1.00. The van der Waals surface area contributed by atoms with Crippen molar-refractivity contribution < 1.29 is 36.1 Å². The summed E-state index contributed by atoms with van der Waals surface area (Å²) in [6, 6.07) is 0. The summed E-state index contributed by atoms with van der Waals surface area (Å²) in [7, 11) is 0. The molecule has 2 nitrogen and oxygen atoms in total. The van der Waals surface area contributed by atoms with Gasteiger partial charge in [0.25, 0.3) is 0 Å². The second-order valence-electron chi connectivity index (χ2n) is 3.95. The Bertz CT molecular complexity index is 117. The minimum Gasteiger partial charge on any atom is -0.393 e. The van der Waals surface area contributed by atoms with Crippen LogP contribution >= 0.6 is 0 Å². The predicted octanol–water partition coefficient (Wildman–Crippen LogP) is 1.80. The average Bonchev–Trinajstić information content (AvgIpc) is 2.02. The van der Waals surface area contributed by atoms with E-state index in [1.807, 2.05) is 27.7 Å². The molecule has 77 valence electrons. The largest absolute Gasteiger partial charge is 0.393 e. The van der Waals surface area contributed by atoms with Gasteiger partial charge in [-0.25, -0.2) is 0 Å². The summed E-state index contributed by atoms with van der Waals surface area (Å²) in [6.45, 7) is 7.89. The van der Waals surface area contributed by atoms with Crippen molar-refractivity contribution in [3.05, 3.63) is 0 Å². The SMILES string of the molecule is CCCC(O)C(C)C(O)C(C)C.[Sc]. The first-order valence-corrected chi connectivity index (χ1v) is 4.86. The van der Waals surface area contributed by atoms with E-state index in [-0.39, 0.29) is 49.9 Å². The number of hydrogen-bond donors (Lipinski definition) is 2. The van der Waals surface area contributed by atoms with Gasteiger partial charge < -0.3 is 10.2 Å². The fourth-order valence-electron chi connectivity index (χ4n) is 1.39. The molecular weight excluding hydrogens is 197 g/mol. The van der Waals surface area contributed by atoms with Crippen molar-refractivity contribution >= 4 is 0 Å². The standard InChI is InChI=1S/C10H22O2.Sc/c1-5-6-9(11)8(4)10(12)7(2)3;/h7-12H,5-6H2,1-4H3;. The molecule has 0 aromatic heterocycles. The molecule has 0 spiro atoms. The van der Waals surface area contributed by atoms with Crippen molar-refractivity contribution in [3.63, 3.8) is 0 Å². The Kier molecular flexibility index (Phi) is 10.1. The molecule has 0 aliphatic rings. The van der Waals surface area contributed by atoms with E-state index in [0.29, 0.717) is 0 Å². The van der Waals surface area contributed by atoms with Crippen LogP contribution in [0.25, 0.3) is 0 Å². The topological polar surface area (TPSA) is 40.5 Å². The first-order chi connectivity index (χ1) is 5.50. The molecule has 0 aromatic rings. The van der Waals surface area contributed by atoms with Crippen molar-refractivity contribution in [2.45, 2.75) is 52.7 Å². The van der Waals surface area contributed by atoms with Gasteiger partial charge in [0.15, 0.2) is 0 Å². The van der Waals surface area contributed by atoms with E-state index in [0.717, 1.165) is 12.8 Å². The van der Waals surface area contributed by atoms with Crippen molar-refractivity contribution in [2.75, 3.05) is 0 Å². The first-order valence-electron chi connectivity index (χ1n) is 4.86. The molecule has 0 aliphatic carbocycles. The maximum Gasteiger partial charge on any atom is 0.0613 e. The van der Waals surface area contributed by atoms with Crippen LogP contribution < -0.4 is 0 Å². The molecule has 0 heterocycles. The van der Waals surface area contributed by atoms with E-state index in [4.69, 9.17) is 0 Å². The molecular formula is C10H22O2Sc. The Morgan fingerprint density at radius 2 is 1.54 bits per heavy atom. The van der Waals surface area contributed by atoms with E-state index >= 15 is 0 Å². The minimum atomic E-state index is -0.383. The molecule has 1 radical (unpaired) electrons. The Hall–Kier alpha value is 0.790. The van der Waals surface area contributed by atoms with Gasteiger partial charge in [0.1, 0.15) is 0 Å². The van der Waals surface area contributed by atoms with Crippen LogP contribution in [-0.4, -0.2) is 22.4 Å². The third kappa shape index (κ3) is 5.97. The van der Waals surface area contributed by atoms with Gasteiger partial charge in [0, 0.05) is 31.8 Å². The maximum absolute atomic E-state index is 9.63. The van der Waals surface area contributed by atoms with E-state index in [1.165, 1.54) is 0 Å². The van der Waals surface area contributed by atoms with Crippen LogP contribution in [0.1, 0.15) is 40.5 Å². The van der Waals surface area contributed by atoms with Crippen LogP contribution in [0.5, 0.6) is 0 Å². The number of aliphatic hydroxyl groups excluding tert-OH is 2. The van der Waals surface area contributed by atoms with Crippen LogP contribution in [0.2, 0.25) is 0 Å². The summed E-state index contributed by atoms with van der Waals surface area (Å²) in [5, 5.41) is 19.2. The summed E-state index contributed by atoms with van der Waals surface area (Å²) < 4.78 is 0. The van der Waals surface area contributed by atoms with Crippen molar-refractivity contribution in [3.8, 4) is 0 Å². The first kappa shape index (κ1) is 16.2. The zero-order chi connectivity index (χ0) is 9.72.